The van der Waals surface area contributed by atoms with Gasteiger partial charge in [-0.1, -0.05) is 24.3 Å². The van der Waals surface area contributed by atoms with Crippen molar-refractivity contribution in [3.8, 4) is 5.75 Å². The fourth-order valence-corrected chi connectivity index (χ4v) is 3.51. The van der Waals surface area contributed by atoms with Crippen molar-refractivity contribution < 1.29 is 19.4 Å². The summed E-state index contributed by atoms with van der Waals surface area (Å²) in [7, 11) is 1.55. The molecule has 2 N–H and O–H groups in total. The van der Waals surface area contributed by atoms with Crippen molar-refractivity contribution in [1.82, 2.24) is 4.90 Å². The molecule has 0 radical (unpaired) electrons. The number of hydrogen-bond donors (Lipinski definition) is 2. The summed E-state index contributed by atoms with van der Waals surface area (Å²) >= 11 is 0. The molecule has 0 bridgehead atoms. The molecule has 0 aromatic heterocycles. The van der Waals surface area contributed by atoms with E-state index in [2.05, 4.69) is 27.2 Å². The molecular weight excluding hydrogens is 370 g/mol. The van der Waals surface area contributed by atoms with E-state index in [0.717, 1.165) is 26.2 Å². The van der Waals surface area contributed by atoms with Crippen molar-refractivity contribution in [3.05, 3.63) is 54.6 Å². The molecule has 29 heavy (non-hydrogen) atoms. The summed E-state index contributed by atoms with van der Waals surface area (Å²) in [4.78, 5) is 28.5. The fraction of sp³-hybridized carbons (Fsp3) is 0.364. The minimum Gasteiger partial charge on any atom is -0.497 e. The minimum absolute atomic E-state index is 0.0640. The zero-order valence-electron chi connectivity index (χ0n) is 16.6. The Morgan fingerprint density at radius 1 is 1.07 bits per heavy atom. The van der Waals surface area contributed by atoms with E-state index in [4.69, 9.17) is 4.74 Å². The van der Waals surface area contributed by atoms with Crippen molar-refractivity contribution in [2.75, 3.05) is 50.1 Å². The summed E-state index contributed by atoms with van der Waals surface area (Å²) in [5, 5.41) is 12.4. The Labute approximate surface area is 170 Å². The van der Waals surface area contributed by atoms with E-state index >= 15 is 0 Å². The van der Waals surface area contributed by atoms with Gasteiger partial charge >= 0.3 is 5.97 Å². The zero-order chi connectivity index (χ0) is 20.6. The number of nitrogens with one attached hydrogen (secondary N) is 1. The molecule has 3 rings (SSSR count). The van der Waals surface area contributed by atoms with Crippen LogP contribution in [-0.4, -0.2) is 61.7 Å². The number of ether oxygens (including phenoxy) is 1. The second kappa shape index (κ2) is 9.93. The lowest BCUT2D eigenvalue weighted by molar-refractivity contribution is -0.144. The molecule has 1 heterocycles. The van der Waals surface area contributed by atoms with Gasteiger partial charge in [0, 0.05) is 56.6 Å². The molecule has 2 aromatic carbocycles. The second-order valence-corrected chi connectivity index (χ2v) is 7.14. The van der Waals surface area contributed by atoms with Gasteiger partial charge in [0.25, 0.3) is 0 Å². The lowest BCUT2D eigenvalue weighted by Crippen LogP contribution is -2.48. The van der Waals surface area contributed by atoms with Crippen LogP contribution in [0.15, 0.2) is 54.6 Å². The third-order valence-electron chi connectivity index (χ3n) is 5.11. The lowest BCUT2D eigenvalue weighted by Gasteiger charge is -2.37. The van der Waals surface area contributed by atoms with Crippen LogP contribution in [0.3, 0.4) is 0 Å². The maximum absolute atomic E-state index is 12.4. The number of nitrogens with zero attached hydrogens (tertiary/aromatic N) is 2. The Morgan fingerprint density at radius 2 is 1.79 bits per heavy atom. The van der Waals surface area contributed by atoms with Crippen LogP contribution in [0.1, 0.15) is 6.42 Å². The number of hydrogen-bond acceptors (Lipinski definition) is 5. The summed E-state index contributed by atoms with van der Waals surface area (Å²) in [6.07, 6.45) is -0.0640. The standard InChI is InChI=1S/C22H27N3O4/c1-29-20-9-5-6-18(15-20)23-21(26)14-17(22(27)28)16-24-10-12-25(13-11-24)19-7-3-2-4-8-19/h2-9,15,17H,10-14,16H2,1H3,(H,23,26)(H,27,28). The van der Waals surface area contributed by atoms with E-state index in [1.807, 2.05) is 18.2 Å². The van der Waals surface area contributed by atoms with E-state index in [9.17, 15) is 14.7 Å². The number of carbonyl (C=O) groups excluding carboxylic acids is 1. The molecule has 1 aliphatic rings. The third kappa shape index (κ3) is 5.96. The number of anilines is 2. The molecule has 154 valence electrons. The average molecular weight is 397 g/mol. The van der Waals surface area contributed by atoms with Crippen LogP contribution in [0, 0.1) is 5.92 Å². The number of benzene rings is 2. The first-order valence-electron chi connectivity index (χ1n) is 9.74. The zero-order valence-corrected chi connectivity index (χ0v) is 16.6. The van der Waals surface area contributed by atoms with Gasteiger partial charge in [0.1, 0.15) is 5.75 Å². The number of aliphatic carboxylic acids is 1. The molecule has 0 spiro atoms. The molecular formula is C22H27N3O4. The topological polar surface area (TPSA) is 82.1 Å². The third-order valence-corrected chi connectivity index (χ3v) is 5.11. The lowest BCUT2D eigenvalue weighted by atomic mass is 10.0. The van der Waals surface area contributed by atoms with Crippen molar-refractivity contribution >= 4 is 23.3 Å². The molecule has 1 fully saturated rings. The van der Waals surface area contributed by atoms with Crippen molar-refractivity contribution in [2.24, 2.45) is 5.92 Å². The van der Waals surface area contributed by atoms with E-state index < -0.39 is 11.9 Å². The molecule has 1 atom stereocenters. The molecule has 1 aliphatic heterocycles. The highest BCUT2D eigenvalue weighted by atomic mass is 16.5. The highest BCUT2D eigenvalue weighted by molar-refractivity contribution is 5.93. The van der Waals surface area contributed by atoms with Gasteiger partial charge in [-0.3, -0.25) is 14.5 Å². The normalized spacial score (nSPS) is 15.6. The van der Waals surface area contributed by atoms with Crippen LogP contribution in [0.2, 0.25) is 0 Å². The minimum atomic E-state index is -0.948. The quantitative estimate of drug-likeness (QED) is 0.712. The van der Waals surface area contributed by atoms with Crippen molar-refractivity contribution in [2.45, 2.75) is 6.42 Å². The largest absolute Gasteiger partial charge is 0.497 e. The van der Waals surface area contributed by atoms with Crippen LogP contribution in [0.5, 0.6) is 5.75 Å². The number of piperazine rings is 1. The maximum atomic E-state index is 12.4. The van der Waals surface area contributed by atoms with E-state index in [-0.39, 0.29) is 12.3 Å². The van der Waals surface area contributed by atoms with E-state index in [1.165, 1.54) is 5.69 Å². The first-order chi connectivity index (χ1) is 14.0. The molecule has 1 amide bonds. The summed E-state index contributed by atoms with van der Waals surface area (Å²) < 4.78 is 5.14. The number of para-hydroxylation sites is 1. The van der Waals surface area contributed by atoms with Crippen LogP contribution < -0.4 is 15.0 Å². The Morgan fingerprint density at radius 3 is 2.45 bits per heavy atom. The Kier molecular flexibility index (Phi) is 7.08. The Balaban J connectivity index is 1.51. The van der Waals surface area contributed by atoms with Crippen molar-refractivity contribution in [1.29, 1.82) is 0 Å². The summed E-state index contributed by atoms with van der Waals surface area (Å²) in [5.41, 5.74) is 1.77. The first-order valence-corrected chi connectivity index (χ1v) is 9.74. The van der Waals surface area contributed by atoms with Crippen LogP contribution in [0.25, 0.3) is 0 Å². The number of carbonyl (C=O) groups is 2. The number of amides is 1. The molecule has 1 saturated heterocycles. The van der Waals surface area contributed by atoms with Gasteiger partial charge < -0.3 is 20.1 Å². The van der Waals surface area contributed by atoms with Crippen LogP contribution >= 0.6 is 0 Å². The number of rotatable bonds is 8. The Hall–Kier alpha value is -3.06. The smallest absolute Gasteiger partial charge is 0.308 e. The highest BCUT2D eigenvalue weighted by Gasteiger charge is 2.26. The van der Waals surface area contributed by atoms with Gasteiger partial charge in [0.15, 0.2) is 0 Å². The number of carboxylic acid groups (broad SMARTS) is 1. The predicted octanol–water partition coefficient (Wildman–Crippen LogP) is 2.55. The second-order valence-electron chi connectivity index (χ2n) is 7.14. The molecule has 7 heteroatoms. The van der Waals surface area contributed by atoms with Gasteiger partial charge in [0.2, 0.25) is 5.91 Å². The van der Waals surface area contributed by atoms with Gasteiger partial charge in [-0.2, -0.15) is 0 Å². The number of methoxy groups -OCH3 is 1. The molecule has 7 nitrogen and oxygen atoms in total. The summed E-state index contributed by atoms with van der Waals surface area (Å²) in [6.45, 7) is 3.59. The number of carboxylic acids is 1. The van der Waals surface area contributed by atoms with Crippen LogP contribution in [0.4, 0.5) is 11.4 Å². The SMILES string of the molecule is COc1cccc(NC(=O)CC(CN2CCN(c3ccccc3)CC2)C(=O)O)c1. The molecule has 1 unspecified atom stereocenters. The van der Waals surface area contributed by atoms with Gasteiger partial charge in [-0.05, 0) is 24.3 Å². The van der Waals surface area contributed by atoms with Gasteiger partial charge in [-0.25, -0.2) is 0 Å². The summed E-state index contributed by atoms with van der Waals surface area (Å²) in [6, 6.07) is 17.2. The summed E-state index contributed by atoms with van der Waals surface area (Å²) in [5.74, 6) is -1.37. The highest BCUT2D eigenvalue weighted by Crippen LogP contribution is 2.19. The molecule has 2 aromatic rings. The molecule has 0 saturated carbocycles. The monoisotopic (exact) mass is 397 g/mol. The Bertz CT molecular complexity index is 820. The van der Waals surface area contributed by atoms with Crippen LogP contribution in [-0.2, 0) is 9.59 Å². The van der Waals surface area contributed by atoms with E-state index in [0.29, 0.717) is 18.0 Å². The fourth-order valence-electron chi connectivity index (χ4n) is 3.51. The average Bonchev–Trinajstić information content (AvgIpc) is 2.74. The van der Waals surface area contributed by atoms with Crippen molar-refractivity contribution in [3.63, 3.8) is 0 Å². The van der Waals surface area contributed by atoms with Gasteiger partial charge in [-0.15, -0.1) is 0 Å². The van der Waals surface area contributed by atoms with E-state index in [1.54, 1.807) is 31.4 Å². The molecule has 0 aliphatic carbocycles. The first kappa shape index (κ1) is 20.7. The maximum Gasteiger partial charge on any atom is 0.308 e. The van der Waals surface area contributed by atoms with Gasteiger partial charge in [0.05, 0.1) is 13.0 Å². The predicted molar refractivity (Wildman–Crippen MR) is 112 cm³/mol.